The molecule has 7 nitrogen and oxygen atoms in total. The highest BCUT2D eigenvalue weighted by atomic mass is 32.2. The lowest BCUT2D eigenvalue weighted by Crippen LogP contribution is -2.45. The molecule has 2 atom stereocenters. The Morgan fingerprint density at radius 2 is 1.63 bits per heavy atom. The van der Waals surface area contributed by atoms with Crippen LogP contribution in [0, 0.1) is 0 Å². The van der Waals surface area contributed by atoms with Crippen molar-refractivity contribution >= 4 is 15.7 Å². The SMILES string of the molecule is COc1ccc(-c2nc(S(=O)(=O)c3ccccc3)c(N3CC(C)OC(C)C3)o2)cc1. The Kier molecular flexibility index (Phi) is 5.53. The Morgan fingerprint density at radius 3 is 2.23 bits per heavy atom. The summed E-state index contributed by atoms with van der Waals surface area (Å²) >= 11 is 0. The van der Waals surface area contributed by atoms with Gasteiger partial charge in [0.1, 0.15) is 5.75 Å². The van der Waals surface area contributed by atoms with Crippen molar-refractivity contribution in [1.29, 1.82) is 0 Å². The van der Waals surface area contributed by atoms with E-state index in [0.29, 0.717) is 24.4 Å². The molecule has 2 heterocycles. The smallest absolute Gasteiger partial charge is 0.236 e. The number of hydrogen-bond acceptors (Lipinski definition) is 7. The zero-order valence-corrected chi connectivity index (χ0v) is 17.9. The minimum absolute atomic E-state index is 0.0597. The molecule has 0 bridgehead atoms. The van der Waals surface area contributed by atoms with Gasteiger partial charge in [-0.05, 0) is 50.2 Å². The molecule has 2 unspecified atom stereocenters. The van der Waals surface area contributed by atoms with Crippen molar-refractivity contribution in [3.63, 3.8) is 0 Å². The summed E-state index contributed by atoms with van der Waals surface area (Å²) in [5.74, 6) is 1.18. The summed E-state index contributed by atoms with van der Waals surface area (Å²) in [4.78, 5) is 6.50. The number of nitrogens with zero attached hydrogens (tertiary/aromatic N) is 2. The second-order valence-corrected chi connectivity index (χ2v) is 9.20. The molecule has 0 saturated carbocycles. The largest absolute Gasteiger partial charge is 0.497 e. The first-order chi connectivity index (χ1) is 14.4. The molecule has 1 aliphatic heterocycles. The highest BCUT2D eigenvalue weighted by molar-refractivity contribution is 7.91. The van der Waals surface area contributed by atoms with Gasteiger partial charge in [-0.1, -0.05) is 18.2 Å². The normalized spacial score (nSPS) is 19.6. The van der Waals surface area contributed by atoms with Gasteiger partial charge >= 0.3 is 0 Å². The molecule has 0 aliphatic carbocycles. The number of morpholine rings is 1. The zero-order chi connectivity index (χ0) is 21.3. The number of methoxy groups -OCH3 is 1. The number of rotatable bonds is 5. The van der Waals surface area contributed by atoms with Crippen LogP contribution in [0.5, 0.6) is 5.75 Å². The van der Waals surface area contributed by atoms with E-state index in [-0.39, 0.29) is 33.9 Å². The minimum atomic E-state index is -3.87. The number of aromatic nitrogens is 1. The van der Waals surface area contributed by atoms with Gasteiger partial charge in [-0.25, -0.2) is 8.42 Å². The second-order valence-electron chi connectivity index (χ2n) is 7.34. The van der Waals surface area contributed by atoms with E-state index in [4.69, 9.17) is 13.9 Å². The van der Waals surface area contributed by atoms with E-state index in [9.17, 15) is 8.42 Å². The molecule has 0 spiro atoms. The molecule has 0 radical (unpaired) electrons. The number of oxazole rings is 1. The van der Waals surface area contributed by atoms with Gasteiger partial charge in [0.2, 0.25) is 26.6 Å². The molecule has 1 fully saturated rings. The quantitative estimate of drug-likeness (QED) is 0.611. The van der Waals surface area contributed by atoms with Crippen molar-refractivity contribution in [1.82, 2.24) is 4.98 Å². The molecule has 8 heteroatoms. The maximum absolute atomic E-state index is 13.4. The Morgan fingerprint density at radius 1 is 1.00 bits per heavy atom. The number of benzene rings is 2. The fourth-order valence-corrected chi connectivity index (χ4v) is 4.93. The van der Waals surface area contributed by atoms with Gasteiger partial charge in [-0.3, -0.25) is 0 Å². The van der Waals surface area contributed by atoms with Crippen LogP contribution in [0.2, 0.25) is 0 Å². The maximum atomic E-state index is 13.4. The second kappa shape index (κ2) is 8.12. The van der Waals surface area contributed by atoms with Crippen molar-refractivity contribution < 1.29 is 22.3 Å². The molecule has 2 aromatic carbocycles. The van der Waals surface area contributed by atoms with E-state index < -0.39 is 9.84 Å². The first-order valence-electron chi connectivity index (χ1n) is 9.74. The first-order valence-corrected chi connectivity index (χ1v) is 11.2. The van der Waals surface area contributed by atoms with Crippen LogP contribution in [0.25, 0.3) is 11.5 Å². The van der Waals surface area contributed by atoms with Crippen LogP contribution in [0.4, 0.5) is 5.88 Å². The lowest BCUT2D eigenvalue weighted by molar-refractivity contribution is -0.00657. The van der Waals surface area contributed by atoms with Crippen molar-refractivity contribution in [2.75, 3.05) is 25.1 Å². The molecule has 1 saturated heterocycles. The highest BCUT2D eigenvalue weighted by Gasteiger charge is 2.34. The molecule has 30 heavy (non-hydrogen) atoms. The summed E-state index contributed by atoms with van der Waals surface area (Å²) in [5.41, 5.74) is 0.668. The maximum Gasteiger partial charge on any atom is 0.236 e. The van der Waals surface area contributed by atoms with Crippen LogP contribution < -0.4 is 9.64 Å². The Bertz CT molecular complexity index is 1100. The highest BCUT2D eigenvalue weighted by Crippen LogP contribution is 2.36. The average molecular weight is 429 g/mol. The Balaban J connectivity index is 1.83. The van der Waals surface area contributed by atoms with Crippen LogP contribution in [0.15, 0.2) is 68.9 Å². The van der Waals surface area contributed by atoms with Crippen molar-refractivity contribution in [3.05, 3.63) is 54.6 Å². The van der Waals surface area contributed by atoms with Gasteiger partial charge in [0.05, 0.1) is 24.2 Å². The Hall–Kier alpha value is -2.84. The molecule has 0 amide bonds. The van der Waals surface area contributed by atoms with Crippen LogP contribution >= 0.6 is 0 Å². The average Bonchev–Trinajstić information content (AvgIpc) is 3.20. The number of hydrogen-bond donors (Lipinski definition) is 0. The van der Waals surface area contributed by atoms with Gasteiger partial charge in [0.25, 0.3) is 0 Å². The topological polar surface area (TPSA) is 81.9 Å². The van der Waals surface area contributed by atoms with E-state index in [1.165, 1.54) is 0 Å². The van der Waals surface area contributed by atoms with Crippen LogP contribution in [-0.4, -0.2) is 45.8 Å². The van der Waals surface area contributed by atoms with Crippen molar-refractivity contribution in [3.8, 4) is 17.2 Å². The summed E-state index contributed by atoms with van der Waals surface area (Å²) in [6.07, 6.45) is -0.119. The van der Waals surface area contributed by atoms with Crippen LogP contribution in [0.3, 0.4) is 0 Å². The Labute approximate surface area is 176 Å². The van der Waals surface area contributed by atoms with Gasteiger partial charge in [0, 0.05) is 18.7 Å². The molecule has 1 aliphatic rings. The summed E-state index contributed by atoms with van der Waals surface area (Å²) in [7, 11) is -2.28. The molecular weight excluding hydrogens is 404 g/mol. The molecule has 4 rings (SSSR count). The monoisotopic (exact) mass is 428 g/mol. The lowest BCUT2D eigenvalue weighted by atomic mass is 10.2. The fraction of sp³-hybridized carbons (Fsp3) is 0.318. The molecular formula is C22H24N2O5S. The number of sulfone groups is 1. The summed E-state index contributed by atoms with van der Waals surface area (Å²) in [6, 6.07) is 15.4. The molecule has 158 valence electrons. The molecule has 1 aromatic heterocycles. The third-order valence-electron chi connectivity index (χ3n) is 4.93. The number of anilines is 1. The summed E-state index contributed by atoms with van der Waals surface area (Å²) in [6.45, 7) is 4.93. The third-order valence-corrected chi connectivity index (χ3v) is 6.60. The van der Waals surface area contributed by atoms with Gasteiger partial charge in [0.15, 0.2) is 0 Å². The van der Waals surface area contributed by atoms with Crippen LogP contribution in [0.1, 0.15) is 13.8 Å². The summed E-state index contributed by atoms with van der Waals surface area (Å²) < 4.78 is 43.9. The van der Waals surface area contributed by atoms with E-state index in [1.54, 1.807) is 61.7 Å². The van der Waals surface area contributed by atoms with Gasteiger partial charge in [-0.15, -0.1) is 0 Å². The number of ether oxygens (including phenoxy) is 2. The van der Waals surface area contributed by atoms with Gasteiger partial charge in [-0.2, -0.15) is 4.98 Å². The summed E-state index contributed by atoms with van der Waals surface area (Å²) in [5, 5.41) is -0.0826. The predicted octanol–water partition coefficient (Wildman–Crippen LogP) is 3.80. The van der Waals surface area contributed by atoms with Crippen molar-refractivity contribution in [2.24, 2.45) is 0 Å². The minimum Gasteiger partial charge on any atom is -0.497 e. The van der Waals surface area contributed by atoms with E-state index >= 15 is 0 Å². The standard InChI is InChI=1S/C22H24N2O5S/c1-15-13-24(14-16(2)28-15)22-21(30(25,26)19-7-5-4-6-8-19)23-20(29-22)17-9-11-18(27-3)12-10-17/h4-12,15-16H,13-14H2,1-3H3. The molecule has 3 aromatic rings. The predicted molar refractivity (Wildman–Crippen MR) is 113 cm³/mol. The lowest BCUT2D eigenvalue weighted by Gasteiger charge is -2.35. The van der Waals surface area contributed by atoms with Crippen LogP contribution in [-0.2, 0) is 14.6 Å². The van der Waals surface area contributed by atoms with E-state index in [1.807, 2.05) is 18.7 Å². The van der Waals surface area contributed by atoms with Gasteiger partial charge < -0.3 is 18.8 Å². The third kappa shape index (κ3) is 3.93. The molecule has 0 N–H and O–H groups in total. The fourth-order valence-electron chi connectivity index (χ4n) is 3.59. The zero-order valence-electron chi connectivity index (χ0n) is 17.1. The van der Waals surface area contributed by atoms with Crippen molar-refractivity contribution in [2.45, 2.75) is 36.0 Å². The van der Waals surface area contributed by atoms with E-state index in [2.05, 4.69) is 4.98 Å². The van der Waals surface area contributed by atoms with E-state index in [0.717, 1.165) is 0 Å². The first kappa shape index (κ1) is 20.4.